The molecule has 0 aromatic carbocycles. The fourth-order valence-corrected chi connectivity index (χ4v) is 2.69. The van der Waals surface area contributed by atoms with Crippen LogP contribution in [-0.2, 0) is 0 Å². The van der Waals surface area contributed by atoms with Gasteiger partial charge in [-0.1, -0.05) is 55.1 Å². The Morgan fingerprint density at radius 2 is 1.29 bits per heavy atom. The van der Waals surface area contributed by atoms with Crippen molar-refractivity contribution in [1.29, 1.82) is 0 Å². The highest BCUT2D eigenvalue weighted by atomic mass is 79.9. The smallest absolute Gasteiger partial charge is 0.0991 e. The van der Waals surface area contributed by atoms with Gasteiger partial charge >= 0.3 is 0 Å². The first-order chi connectivity index (χ1) is 3.07. The molecule has 0 heterocycles. The van der Waals surface area contributed by atoms with E-state index in [1.54, 1.807) is 0 Å². The molecule has 0 aliphatic heterocycles. The molecule has 0 N–H and O–H groups in total. The van der Waals surface area contributed by atoms with Crippen LogP contribution in [0, 0.1) is 0 Å². The molecule has 7 heavy (non-hydrogen) atoms. The van der Waals surface area contributed by atoms with E-state index in [0.717, 1.165) is 0 Å². The average molecular weight is 269 g/mol. The SMILES string of the molecule is ClC1(Cl)C(Br)C1Br. The van der Waals surface area contributed by atoms with Gasteiger partial charge in [0.05, 0.1) is 9.65 Å². The quantitative estimate of drug-likeness (QED) is 0.593. The second kappa shape index (κ2) is 1.76. The van der Waals surface area contributed by atoms with Gasteiger partial charge in [-0.25, -0.2) is 0 Å². The second-order valence-corrected chi connectivity index (χ2v) is 4.90. The third kappa shape index (κ3) is 0.958. The highest BCUT2D eigenvalue weighted by molar-refractivity contribution is 9.13. The van der Waals surface area contributed by atoms with Gasteiger partial charge in [0.15, 0.2) is 0 Å². The molecule has 1 fully saturated rings. The maximum Gasteiger partial charge on any atom is 0.145 e. The molecule has 42 valence electrons. The van der Waals surface area contributed by atoms with Crippen LogP contribution >= 0.6 is 55.1 Å². The lowest BCUT2D eigenvalue weighted by Gasteiger charge is -1.85. The van der Waals surface area contributed by atoms with E-state index in [1.807, 2.05) is 0 Å². The van der Waals surface area contributed by atoms with Crippen molar-refractivity contribution in [2.75, 3.05) is 0 Å². The highest BCUT2D eigenvalue weighted by Gasteiger charge is 2.60. The van der Waals surface area contributed by atoms with E-state index < -0.39 is 4.33 Å². The molecule has 2 atom stereocenters. The summed E-state index contributed by atoms with van der Waals surface area (Å²) in [6.45, 7) is 0. The van der Waals surface area contributed by atoms with Crippen LogP contribution in [0.3, 0.4) is 0 Å². The van der Waals surface area contributed by atoms with E-state index in [0.29, 0.717) is 0 Å². The zero-order valence-corrected chi connectivity index (χ0v) is 7.85. The van der Waals surface area contributed by atoms with Gasteiger partial charge in [-0.05, 0) is 0 Å². The van der Waals surface area contributed by atoms with Gasteiger partial charge < -0.3 is 0 Å². The third-order valence-electron chi connectivity index (χ3n) is 0.883. The molecule has 4 heteroatoms. The van der Waals surface area contributed by atoms with Crippen molar-refractivity contribution < 1.29 is 0 Å². The molecule has 0 aromatic heterocycles. The monoisotopic (exact) mass is 266 g/mol. The van der Waals surface area contributed by atoms with Crippen molar-refractivity contribution in [3.05, 3.63) is 0 Å². The maximum atomic E-state index is 5.61. The van der Waals surface area contributed by atoms with Gasteiger partial charge in [0.25, 0.3) is 0 Å². The zero-order valence-electron chi connectivity index (χ0n) is 3.17. The van der Waals surface area contributed by atoms with Crippen molar-refractivity contribution in [2.45, 2.75) is 14.0 Å². The molecular weight excluding hydrogens is 267 g/mol. The fourth-order valence-electron chi connectivity index (χ4n) is 0.255. The number of alkyl halides is 4. The largest absolute Gasteiger partial charge is 0.145 e. The zero-order chi connectivity index (χ0) is 5.65. The first-order valence-corrected chi connectivity index (χ1v) is 4.31. The number of halogens is 4. The summed E-state index contributed by atoms with van der Waals surface area (Å²) in [6, 6.07) is 0. The molecule has 0 spiro atoms. The van der Waals surface area contributed by atoms with Gasteiger partial charge in [-0.3, -0.25) is 0 Å². The maximum absolute atomic E-state index is 5.61. The van der Waals surface area contributed by atoms with Crippen molar-refractivity contribution >= 4 is 55.1 Å². The molecule has 0 nitrogen and oxygen atoms in total. The van der Waals surface area contributed by atoms with Gasteiger partial charge in [-0.2, -0.15) is 0 Å². The van der Waals surface area contributed by atoms with Gasteiger partial charge in [0.2, 0.25) is 0 Å². The molecule has 0 bridgehead atoms. The van der Waals surface area contributed by atoms with E-state index in [4.69, 9.17) is 23.2 Å². The molecule has 0 aromatic rings. The Labute approximate surface area is 68.8 Å². The van der Waals surface area contributed by atoms with E-state index in [2.05, 4.69) is 31.9 Å². The minimum atomic E-state index is -0.556. The number of hydrogen-bond donors (Lipinski definition) is 0. The third-order valence-corrected chi connectivity index (χ3v) is 6.09. The molecule has 1 saturated carbocycles. The average Bonchev–Trinajstić information content (AvgIpc) is 1.91. The standard InChI is InChI=1S/C3H2Br2Cl2/c4-1-2(5)3(1,6)7/h1-2H. The summed E-state index contributed by atoms with van der Waals surface area (Å²) in [4.78, 5) is 0.451. The summed E-state index contributed by atoms with van der Waals surface area (Å²) in [6.07, 6.45) is 0. The van der Waals surface area contributed by atoms with Crippen LogP contribution in [0.1, 0.15) is 0 Å². The van der Waals surface area contributed by atoms with Crippen LogP contribution in [0.15, 0.2) is 0 Å². The van der Waals surface area contributed by atoms with Crippen molar-refractivity contribution in [1.82, 2.24) is 0 Å². The minimum absolute atomic E-state index is 0.225. The van der Waals surface area contributed by atoms with Crippen LogP contribution in [0.5, 0.6) is 0 Å². The summed E-state index contributed by atoms with van der Waals surface area (Å²) in [7, 11) is 0. The van der Waals surface area contributed by atoms with Crippen LogP contribution in [-0.4, -0.2) is 14.0 Å². The predicted molar refractivity (Wildman–Crippen MR) is 39.9 cm³/mol. The topological polar surface area (TPSA) is 0 Å². The second-order valence-electron chi connectivity index (χ2n) is 1.48. The Kier molecular flexibility index (Phi) is 1.67. The summed E-state index contributed by atoms with van der Waals surface area (Å²) in [5.74, 6) is 0. The number of hydrogen-bond acceptors (Lipinski definition) is 0. The first-order valence-electron chi connectivity index (χ1n) is 1.73. The summed E-state index contributed by atoms with van der Waals surface area (Å²) >= 11 is 17.7. The normalized spacial score (nSPS) is 46.3. The van der Waals surface area contributed by atoms with Crippen molar-refractivity contribution in [3.8, 4) is 0 Å². The van der Waals surface area contributed by atoms with E-state index >= 15 is 0 Å². The van der Waals surface area contributed by atoms with E-state index in [9.17, 15) is 0 Å². The van der Waals surface area contributed by atoms with Gasteiger partial charge in [-0.15, -0.1) is 0 Å². The Bertz CT molecular complexity index is 82.9. The van der Waals surface area contributed by atoms with E-state index in [-0.39, 0.29) is 9.65 Å². The minimum Gasteiger partial charge on any atom is -0.0991 e. The van der Waals surface area contributed by atoms with Crippen LogP contribution in [0.25, 0.3) is 0 Å². The first kappa shape index (κ1) is 6.66. The Hall–Kier alpha value is 1.54. The molecule has 1 aliphatic carbocycles. The summed E-state index contributed by atoms with van der Waals surface area (Å²) < 4.78 is -0.556. The lowest BCUT2D eigenvalue weighted by atomic mass is 11.0. The highest BCUT2D eigenvalue weighted by Crippen LogP contribution is 2.56. The summed E-state index contributed by atoms with van der Waals surface area (Å²) in [5.41, 5.74) is 0. The number of rotatable bonds is 0. The van der Waals surface area contributed by atoms with Gasteiger partial charge in [0, 0.05) is 0 Å². The molecule has 1 aliphatic rings. The Balaban J connectivity index is 2.52. The molecule has 0 radical (unpaired) electrons. The molecular formula is C3H2Br2Cl2. The molecule has 0 amide bonds. The van der Waals surface area contributed by atoms with Crippen LogP contribution in [0.2, 0.25) is 0 Å². The van der Waals surface area contributed by atoms with Crippen LogP contribution < -0.4 is 0 Å². The lowest BCUT2D eigenvalue weighted by Crippen LogP contribution is -1.86. The van der Waals surface area contributed by atoms with E-state index in [1.165, 1.54) is 0 Å². The van der Waals surface area contributed by atoms with Gasteiger partial charge in [0.1, 0.15) is 4.33 Å². The Morgan fingerprint density at radius 3 is 1.29 bits per heavy atom. The summed E-state index contributed by atoms with van der Waals surface area (Å²) in [5, 5.41) is 0. The lowest BCUT2D eigenvalue weighted by molar-refractivity contribution is 1.38. The van der Waals surface area contributed by atoms with Crippen molar-refractivity contribution in [2.24, 2.45) is 0 Å². The Morgan fingerprint density at radius 1 is 1.14 bits per heavy atom. The molecule has 0 saturated heterocycles. The molecule has 1 rings (SSSR count). The fraction of sp³-hybridized carbons (Fsp3) is 1.00. The van der Waals surface area contributed by atoms with Crippen molar-refractivity contribution in [3.63, 3.8) is 0 Å². The predicted octanol–water partition coefficient (Wildman–Crippen LogP) is 2.70. The molecule has 2 unspecified atom stereocenters. The van der Waals surface area contributed by atoms with Crippen LogP contribution in [0.4, 0.5) is 0 Å².